The fraction of sp³-hybridized carbons (Fsp3) is 0.0455. The Bertz CT molecular complexity index is 1120. The van der Waals surface area contributed by atoms with E-state index in [0.29, 0.717) is 31.5 Å². The molecule has 0 bridgehead atoms. The molecular formula is C22H16BrCl2N3O3. The van der Waals surface area contributed by atoms with Crippen LogP contribution in [0.15, 0.2) is 76.3 Å². The van der Waals surface area contributed by atoms with Gasteiger partial charge in [-0.2, -0.15) is 5.10 Å². The Morgan fingerprint density at radius 2 is 1.77 bits per heavy atom. The summed E-state index contributed by atoms with van der Waals surface area (Å²) in [6.45, 7) is -0.195. The van der Waals surface area contributed by atoms with Gasteiger partial charge in [0.25, 0.3) is 11.8 Å². The van der Waals surface area contributed by atoms with Gasteiger partial charge < -0.3 is 10.1 Å². The molecule has 2 N–H and O–H groups in total. The second-order valence-electron chi connectivity index (χ2n) is 6.22. The standard InChI is InChI=1S/C22H16BrCl2N3O3/c23-17-10-14(12-26-28-22(30)15-4-2-1-3-5-15)6-9-20(17)31-13-21(29)27-16-7-8-18(24)19(25)11-16/h1-12H,13H2,(H,27,29)(H,28,30)/b26-12+. The topological polar surface area (TPSA) is 79.8 Å². The minimum absolute atomic E-state index is 0.195. The third kappa shape index (κ3) is 6.82. The van der Waals surface area contributed by atoms with E-state index in [9.17, 15) is 9.59 Å². The van der Waals surface area contributed by atoms with Crippen LogP contribution in [0.5, 0.6) is 5.75 Å². The second kappa shape index (κ2) is 10.9. The van der Waals surface area contributed by atoms with E-state index >= 15 is 0 Å². The average molecular weight is 521 g/mol. The molecular weight excluding hydrogens is 505 g/mol. The van der Waals surface area contributed by atoms with Crippen LogP contribution >= 0.6 is 39.1 Å². The molecule has 0 radical (unpaired) electrons. The largest absolute Gasteiger partial charge is 0.483 e. The zero-order valence-electron chi connectivity index (χ0n) is 15.9. The van der Waals surface area contributed by atoms with Crippen LogP contribution in [-0.4, -0.2) is 24.6 Å². The molecule has 0 atom stereocenters. The van der Waals surface area contributed by atoms with E-state index in [1.54, 1.807) is 60.7 Å². The molecule has 0 unspecified atom stereocenters. The lowest BCUT2D eigenvalue weighted by Crippen LogP contribution is -2.20. The minimum atomic E-state index is -0.348. The molecule has 3 aromatic carbocycles. The summed E-state index contributed by atoms with van der Waals surface area (Å²) in [4.78, 5) is 24.1. The van der Waals surface area contributed by atoms with Crippen LogP contribution in [0.1, 0.15) is 15.9 Å². The van der Waals surface area contributed by atoms with Gasteiger partial charge in [0.2, 0.25) is 0 Å². The van der Waals surface area contributed by atoms with Crippen LogP contribution < -0.4 is 15.5 Å². The van der Waals surface area contributed by atoms with Gasteiger partial charge >= 0.3 is 0 Å². The molecule has 3 rings (SSSR count). The summed E-state index contributed by atoms with van der Waals surface area (Å²) in [5.74, 6) is -0.168. The summed E-state index contributed by atoms with van der Waals surface area (Å²) in [5.41, 5.74) is 4.23. The van der Waals surface area contributed by atoms with E-state index in [0.717, 1.165) is 5.56 Å². The molecule has 3 aromatic rings. The van der Waals surface area contributed by atoms with Crippen molar-refractivity contribution in [2.75, 3.05) is 11.9 Å². The second-order valence-corrected chi connectivity index (χ2v) is 7.89. The van der Waals surface area contributed by atoms with E-state index in [1.807, 2.05) is 6.07 Å². The number of hydrogen-bond donors (Lipinski definition) is 2. The van der Waals surface area contributed by atoms with Gasteiger partial charge in [0.05, 0.1) is 20.7 Å². The lowest BCUT2D eigenvalue weighted by Gasteiger charge is -2.10. The van der Waals surface area contributed by atoms with E-state index in [1.165, 1.54) is 6.21 Å². The molecule has 0 fully saturated rings. The van der Waals surface area contributed by atoms with Crippen LogP contribution in [0.25, 0.3) is 0 Å². The molecule has 0 spiro atoms. The molecule has 158 valence electrons. The molecule has 0 aliphatic heterocycles. The number of carbonyl (C=O) groups excluding carboxylic acids is 2. The maximum absolute atomic E-state index is 12.1. The number of carbonyl (C=O) groups is 2. The summed E-state index contributed by atoms with van der Waals surface area (Å²) in [7, 11) is 0. The van der Waals surface area contributed by atoms with Crippen molar-refractivity contribution in [3.8, 4) is 5.75 Å². The number of nitrogens with zero attached hydrogens (tertiary/aromatic N) is 1. The van der Waals surface area contributed by atoms with Crippen molar-refractivity contribution in [2.45, 2.75) is 0 Å². The van der Waals surface area contributed by atoms with Gasteiger partial charge in [0.15, 0.2) is 6.61 Å². The van der Waals surface area contributed by atoms with Crippen LogP contribution in [0.4, 0.5) is 5.69 Å². The van der Waals surface area contributed by atoms with Gasteiger partial charge in [0.1, 0.15) is 5.75 Å². The van der Waals surface area contributed by atoms with Crippen LogP contribution in [-0.2, 0) is 4.79 Å². The molecule has 0 saturated carbocycles. The summed E-state index contributed by atoms with van der Waals surface area (Å²) < 4.78 is 6.18. The normalized spacial score (nSPS) is 10.7. The lowest BCUT2D eigenvalue weighted by molar-refractivity contribution is -0.118. The summed E-state index contributed by atoms with van der Waals surface area (Å²) in [5, 5.41) is 7.39. The third-order valence-corrected chi connectivity index (χ3v) is 5.29. The molecule has 0 heterocycles. The van der Waals surface area contributed by atoms with Gasteiger partial charge in [-0.05, 0) is 70.0 Å². The number of rotatable bonds is 7. The Morgan fingerprint density at radius 1 is 1.00 bits per heavy atom. The van der Waals surface area contributed by atoms with E-state index in [-0.39, 0.29) is 18.4 Å². The first-order valence-electron chi connectivity index (χ1n) is 8.98. The van der Waals surface area contributed by atoms with Crippen molar-refractivity contribution in [1.82, 2.24) is 5.43 Å². The van der Waals surface area contributed by atoms with E-state index < -0.39 is 0 Å². The van der Waals surface area contributed by atoms with Crippen LogP contribution in [0, 0.1) is 0 Å². The van der Waals surface area contributed by atoms with E-state index in [4.69, 9.17) is 27.9 Å². The Labute approximate surface area is 197 Å². The number of hydrogen-bond acceptors (Lipinski definition) is 4. The fourth-order valence-corrected chi connectivity index (χ4v) is 3.26. The van der Waals surface area contributed by atoms with Crippen LogP contribution in [0.3, 0.4) is 0 Å². The number of anilines is 1. The molecule has 31 heavy (non-hydrogen) atoms. The van der Waals surface area contributed by atoms with Crippen molar-refractivity contribution in [1.29, 1.82) is 0 Å². The molecule has 0 aliphatic rings. The monoisotopic (exact) mass is 519 g/mol. The smallest absolute Gasteiger partial charge is 0.271 e. The van der Waals surface area contributed by atoms with Crippen molar-refractivity contribution < 1.29 is 14.3 Å². The highest BCUT2D eigenvalue weighted by atomic mass is 79.9. The van der Waals surface area contributed by atoms with E-state index in [2.05, 4.69) is 31.8 Å². The van der Waals surface area contributed by atoms with Gasteiger partial charge in [-0.25, -0.2) is 5.43 Å². The number of hydrazone groups is 1. The van der Waals surface area contributed by atoms with Crippen molar-refractivity contribution in [2.24, 2.45) is 5.10 Å². The number of halogens is 3. The molecule has 0 aromatic heterocycles. The highest BCUT2D eigenvalue weighted by Crippen LogP contribution is 2.26. The fourth-order valence-electron chi connectivity index (χ4n) is 2.45. The first-order chi connectivity index (χ1) is 14.9. The highest BCUT2D eigenvalue weighted by molar-refractivity contribution is 9.10. The van der Waals surface area contributed by atoms with Gasteiger partial charge in [0, 0.05) is 11.3 Å². The average Bonchev–Trinajstić information content (AvgIpc) is 2.76. The predicted molar refractivity (Wildman–Crippen MR) is 126 cm³/mol. The molecule has 0 aliphatic carbocycles. The quantitative estimate of drug-likeness (QED) is 0.317. The summed E-state index contributed by atoms with van der Waals surface area (Å²) in [6, 6.07) is 18.8. The van der Waals surface area contributed by atoms with Crippen molar-refractivity contribution in [3.05, 3.63) is 92.4 Å². The molecule has 2 amide bonds. The summed E-state index contributed by atoms with van der Waals surface area (Å²) >= 11 is 15.2. The highest BCUT2D eigenvalue weighted by Gasteiger charge is 2.08. The number of amides is 2. The van der Waals surface area contributed by atoms with Gasteiger partial charge in [-0.15, -0.1) is 0 Å². The van der Waals surface area contributed by atoms with Gasteiger partial charge in [-0.3, -0.25) is 9.59 Å². The minimum Gasteiger partial charge on any atom is -0.483 e. The van der Waals surface area contributed by atoms with Crippen LogP contribution in [0.2, 0.25) is 10.0 Å². The Balaban J connectivity index is 1.52. The Kier molecular flexibility index (Phi) is 8.06. The maximum atomic E-state index is 12.1. The number of nitrogens with one attached hydrogen (secondary N) is 2. The molecule has 9 heteroatoms. The first-order valence-corrected chi connectivity index (χ1v) is 10.5. The maximum Gasteiger partial charge on any atom is 0.271 e. The molecule has 0 saturated heterocycles. The number of benzene rings is 3. The summed E-state index contributed by atoms with van der Waals surface area (Å²) in [6.07, 6.45) is 1.51. The SMILES string of the molecule is O=C(COc1ccc(/C=N/NC(=O)c2ccccc2)cc1Br)Nc1ccc(Cl)c(Cl)c1. The van der Waals surface area contributed by atoms with Crippen molar-refractivity contribution >= 4 is 62.8 Å². The third-order valence-electron chi connectivity index (χ3n) is 3.93. The lowest BCUT2D eigenvalue weighted by atomic mass is 10.2. The number of ether oxygens (including phenoxy) is 1. The zero-order chi connectivity index (χ0) is 22.2. The van der Waals surface area contributed by atoms with Crippen molar-refractivity contribution in [3.63, 3.8) is 0 Å². The zero-order valence-corrected chi connectivity index (χ0v) is 19.0. The Morgan fingerprint density at radius 3 is 2.48 bits per heavy atom. The molecule has 6 nitrogen and oxygen atoms in total. The Hall–Kier alpha value is -2.87. The first kappa shape index (κ1) is 22.8. The predicted octanol–water partition coefficient (Wildman–Crippen LogP) is 5.54. The van der Waals surface area contributed by atoms with Gasteiger partial charge in [-0.1, -0.05) is 41.4 Å².